The predicted molar refractivity (Wildman–Crippen MR) is 96.4 cm³/mol. The van der Waals surface area contributed by atoms with Crippen LogP contribution in [-0.2, 0) is 0 Å². The Morgan fingerprint density at radius 1 is 1.19 bits per heavy atom. The van der Waals surface area contributed by atoms with Crippen molar-refractivity contribution in [2.24, 2.45) is 0 Å². The molecule has 0 aliphatic carbocycles. The summed E-state index contributed by atoms with van der Waals surface area (Å²) in [4.78, 5) is 35.8. The van der Waals surface area contributed by atoms with Gasteiger partial charge in [0.1, 0.15) is 5.82 Å². The summed E-state index contributed by atoms with van der Waals surface area (Å²) in [6.07, 6.45) is 3.06. The van der Waals surface area contributed by atoms with Gasteiger partial charge in [-0.3, -0.25) is 19.6 Å². The summed E-state index contributed by atoms with van der Waals surface area (Å²) in [6, 6.07) is 12.1. The Balaban J connectivity index is 1.77. The third-order valence-electron chi connectivity index (χ3n) is 3.80. The highest BCUT2D eigenvalue weighted by molar-refractivity contribution is 6.03. The molecule has 4 aromatic rings. The van der Waals surface area contributed by atoms with E-state index in [0.717, 1.165) is 0 Å². The van der Waals surface area contributed by atoms with Crippen molar-refractivity contribution in [3.63, 3.8) is 0 Å². The molecule has 0 saturated heterocycles. The van der Waals surface area contributed by atoms with Crippen LogP contribution in [0.5, 0.6) is 0 Å². The van der Waals surface area contributed by atoms with E-state index >= 15 is 0 Å². The Morgan fingerprint density at radius 2 is 2.04 bits per heavy atom. The second-order valence-electron chi connectivity index (χ2n) is 5.69. The van der Waals surface area contributed by atoms with E-state index in [9.17, 15) is 9.59 Å². The molecular weight excluding hydrogens is 332 g/mol. The number of H-pyrrole nitrogens is 1. The molecule has 26 heavy (non-hydrogen) atoms. The number of pyridine rings is 1. The molecule has 0 unspecified atom stereocenters. The molecule has 8 heteroatoms. The van der Waals surface area contributed by atoms with Crippen LogP contribution < -0.4 is 10.9 Å². The average molecular weight is 346 g/mol. The van der Waals surface area contributed by atoms with E-state index in [1.807, 2.05) is 0 Å². The van der Waals surface area contributed by atoms with Gasteiger partial charge in [0.05, 0.1) is 22.2 Å². The third-order valence-corrected chi connectivity index (χ3v) is 3.80. The Bertz CT molecular complexity index is 1160. The standard InChI is InChI=1S/C18H14N6O2/c1-11-9-15(21-16(25)12-5-4-8-19-10-12)24(23-11)18-20-14-7-3-2-6-13(14)17(26)22-18/h2-10H,1H3,(H,21,25)(H,20,22,26). The van der Waals surface area contributed by atoms with Crippen molar-refractivity contribution in [3.8, 4) is 5.95 Å². The van der Waals surface area contributed by atoms with E-state index in [-0.39, 0.29) is 17.4 Å². The number of rotatable bonds is 3. The molecule has 0 aliphatic heterocycles. The number of carbonyl (C=O) groups is 1. The fourth-order valence-electron chi connectivity index (χ4n) is 2.61. The summed E-state index contributed by atoms with van der Waals surface area (Å²) in [5.74, 6) is 0.292. The van der Waals surface area contributed by atoms with E-state index in [1.54, 1.807) is 55.6 Å². The van der Waals surface area contributed by atoms with Gasteiger partial charge in [-0.15, -0.1) is 0 Å². The number of aryl methyl sites for hydroxylation is 1. The van der Waals surface area contributed by atoms with Gasteiger partial charge in [0.15, 0.2) is 0 Å². The fraction of sp³-hybridized carbons (Fsp3) is 0.0556. The van der Waals surface area contributed by atoms with Gasteiger partial charge in [0.25, 0.3) is 11.5 Å². The molecule has 8 nitrogen and oxygen atoms in total. The molecule has 0 saturated carbocycles. The molecule has 0 fully saturated rings. The second kappa shape index (κ2) is 6.25. The van der Waals surface area contributed by atoms with Crippen LogP contribution in [0.25, 0.3) is 16.9 Å². The highest BCUT2D eigenvalue weighted by atomic mass is 16.2. The fourth-order valence-corrected chi connectivity index (χ4v) is 2.61. The lowest BCUT2D eigenvalue weighted by Gasteiger charge is -2.08. The van der Waals surface area contributed by atoms with E-state index in [4.69, 9.17) is 0 Å². The van der Waals surface area contributed by atoms with Crippen molar-refractivity contribution in [1.82, 2.24) is 24.7 Å². The van der Waals surface area contributed by atoms with Crippen molar-refractivity contribution < 1.29 is 4.79 Å². The van der Waals surface area contributed by atoms with Gasteiger partial charge in [-0.2, -0.15) is 9.78 Å². The van der Waals surface area contributed by atoms with Crippen LogP contribution in [0, 0.1) is 6.92 Å². The molecule has 1 amide bonds. The minimum atomic E-state index is -0.331. The third kappa shape index (κ3) is 2.84. The van der Waals surface area contributed by atoms with Gasteiger partial charge in [-0.1, -0.05) is 12.1 Å². The van der Waals surface area contributed by atoms with Crippen molar-refractivity contribution in [1.29, 1.82) is 0 Å². The molecule has 128 valence electrons. The number of nitrogens with one attached hydrogen (secondary N) is 2. The first-order valence-corrected chi connectivity index (χ1v) is 7.89. The number of fused-ring (bicyclic) bond motifs is 1. The van der Waals surface area contributed by atoms with Crippen LogP contribution in [0.2, 0.25) is 0 Å². The Morgan fingerprint density at radius 3 is 2.85 bits per heavy atom. The summed E-state index contributed by atoms with van der Waals surface area (Å²) in [6.45, 7) is 1.79. The highest BCUT2D eigenvalue weighted by Gasteiger charge is 2.15. The summed E-state index contributed by atoms with van der Waals surface area (Å²) in [7, 11) is 0. The minimum absolute atomic E-state index is 0.225. The molecule has 2 N–H and O–H groups in total. The van der Waals surface area contributed by atoms with Gasteiger partial charge in [-0.05, 0) is 31.2 Å². The van der Waals surface area contributed by atoms with Gasteiger partial charge in [-0.25, -0.2) is 4.98 Å². The van der Waals surface area contributed by atoms with Crippen LogP contribution in [0.1, 0.15) is 16.1 Å². The maximum absolute atomic E-state index is 12.4. The zero-order valence-corrected chi connectivity index (χ0v) is 13.8. The lowest BCUT2D eigenvalue weighted by Crippen LogP contribution is -2.19. The smallest absolute Gasteiger partial charge is 0.260 e. The average Bonchev–Trinajstić information content (AvgIpc) is 3.02. The molecule has 0 bridgehead atoms. The van der Waals surface area contributed by atoms with Crippen molar-refractivity contribution >= 4 is 22.6 Å². The summed E-state index contributed by atoms with van der Waals surface area (Å²) in [5, 5.41) is 7.59. The van der Waals surface area contributed by atoms with E-state index in [1.165, 1.54) is 10.9 Å². The van der Waals surface area contributed by atoms with Crippen LogP contribution in [0.4, 0.5) is 5.82 Å². The molecule has 4 rings (SSSR count). The summed E-state index contributed by atoms with van der Waals surface area (Å²) < 4.78 is 1.40. The van der Waals surface area contributed by atoms with Crippen LogP contribution >= 0.6 is 0 Å². The zero-order chi connectivity index (χ0) is 18.1. The number of aromatic nitrogens is 5. The normalized spacial score (nSPS) is 10.8. The van der Waals surface area contributed by atoms with Gasteiger partial charge in [0, 0.05) is 18.5 Å². The molecule has 0 spiro atoms. The summed E-state index contributed by atoms with van der Waals surface area (Å²) in [5.41, 5.74) is 1.35. The number of aromatic amines is 1. The van der Waals surface area contributed by atoms with Crippen molar-refractivity contribution in [2.75, 3.05) is 5.32 Å². The first-order valence-electron chi connectivity index (χ1n) is 7.89. The number of hydrogen-bond donors (Lipinski definition) is 2. The number of anilines is 1. The zero-order valence-electron chi connectivity index (χ0n) is 13.8. The lowest BCUT2D eigenvalue weighted by atomic mass is 10.2. The Kier molecular flexibility index (Phi) is 3.77. The van der Waals surface area contributed by atoms with E-state index in [0.29, 0.717) is 28.0 Å². The summed E-state index contributed by atoms with van der Waals surface area (Å²) >= 11 is 0. The Hall–Kier alpha value is -3.81. The van der Waals surface area contributed by atoms with Crippen LogP contribution in [-0.4, -0.2) is 30.6 Å². The highest BCUT2D eigenvalue weighted by Crippen LogP contribution is 2.16. The topological polar surface area (TPSA) is 106 Å². The lowest BCUT2D eigenvalue weighted by molar-refractivity contribution is 0.102. The largest absolute Gasteiger partial charge is 0.306 e. The molecular formula is C18H14N6O2. The Labute approximate surface area is 147 Å². The maximum Gasteiger partial charge on any atom is 0.260 e. The van der Waals surface area contributed by atoms with Crippen molar-refractivity contribution in [2.45, 2.75) is 6.92 Å². The molecule has 0 atom stereocenters. The van der Waals surface area contributed by atoms with E-state index < -0.39 is 0 Å². The molecule has 0 radical (unpaired) electrons. The van der Waals surface area contributed by atoms with Crippen LogP contribution in [0.3, 0.4) is 0 Å². The van der Waals surface area contributed by atoms with Crippen LogP contribution in [0.15, 0.2) is 59.7 Å². The number of nitrogens with zero attached hydrogens (tertiary/aromatic N) is 4. The van der Waals surface area contributed by atoms with Gasteiger partial charge >= 0.3 is 0 Å². The first-order chi connectivity index (χ1) is 12.6. The first kappa shape index (κ1) is 15.7. The quantitative estimate of drug-likeness (QED) is 0.591. The molecule has 3 aromatic heterocycles. The molecule has 1 aromatic carbocycles. The number of benzene rings is 1. The number of para-hydroxylation sites is 1. The predicted octanol–water partition coefficient (Wildman–Crippen LogP) is 2.06. The van der Waals surface area contributed by atoms with Gasteiger partial charge in [0.2, 0.25) is 5.95 Å². The number of hydrogen-bond acceptors (Lipinski definition) is 5. The minimum Gasteiger partial charge on any atom is -0.306 e. The number of amides is 1. The van der Waals surface area contributed by atoms with Gasteiger partial charge < -0.3 is 5.32 Å². The van der Waals surface area contributed by atoms with Crippen molar-refractivity contribution in [3.05, 3.63) is 76.5 Å². The SMILES string of the molecule is Cc1cc(NC(=O)c2cccnc2)n(-c2nc3ccccc3c(=O)[nH]2)n1. The maximum atomic E-state index is 12.4. The molecule has 0 aliphatic rings. The monoisotopic (exact) mass is 346 g/mol. The molecule has 3 heterocycles. The van der Waals surface area contributed by atoms with E-state index in [2.05, 4.69) is 25.4 Å². The number of carbonyl (C=O) groups excluding carboxylic acids is 1. The second-order valence-corrected chi connectivity index (χ2v) is 5.69.